The second-order valence-electron chi connectivity index (χ2n) is 6.62. The molecule has 5 nitrogen and oxygen atoms in total. The van der Waals surface area contributed by atoms with E-state index in [-0.39, 0.29) is 22.0 Å². The molecule has 0 saturated heterocycles. The van der Waals surface area contributed by atoms with E-state index in [1.54, 1.807) is 6.08 Å². The summed E-state index contributed by atoms with van der Waals surface area (Å²) in [7, 11) is 0. The maximum atomic E-state index is 12.0. The zero-order valence-corrected chi connectivity index (χ0v) is 15.0. The fraction of sp³-hybridized carbons (Fsp3) is 0.211. The SMILES string of the molecule is CC(C)(C)c1ccc(/C=C\C(=O)Nc2ccc(Cl)c([N+](=O)[O-])c2)cc1. The summed E-state index contributed by atoms with van der Waals surface area (Å²) in [6.07, 6.45) is 3.07. The van der Waals surface area contributed by atoms with Crippen molar-refractivity contribution in [1.29, 1.82) is 0 Å². The highest BCUT2D eigenvalue weighted by molar-refractivity contribution is 6.32. The summed E-state index contributed by atoms with van der Waals surface area (Å²) in [4.78, 5) is 22.2. The molecule has 0 spiro atoms. The fourth-order valence-electron chi connectivity index (χ4n) is 2.18. The molecule has 0 atom stereocenters. The molecule has 0 aliphatic heterocycles. The van der Waals surface area contributed by atoms with Crippen molar-refractivity contribution in [2.24, 2.45) is 0 Å². The maximum absolute atomic E-state index is 12.0. The monoisotopic (exact) mass is 358 g/mol. The Kier molecular flexibility index (Phi) is 5.59. The van der Waals surface area contributed by atoms with E-state index in [2.05, 4.69) is 26.1 Å². The molecular formula is C19H19ClN2O3. The highest BCUT2D eigenvalue weighted by atomic mass is 35.5. The Morgan fingerprint density at radius 2 is 1.80 bits per heavy atom. The van der Waals surface area contributed by atoms with Crippen molar-refractivity contribution >= 4 is 35.0 Å². The third-order valence-corrected chi connectivity index (χ3v) is 3.93. The third kappa shape index (κ3) is 5.16. The van der Waals surface area contributed by atoms with Crippen LogP contribution < -0.4 is 5.32 Å². The van der Waals surface area contributed by atoms with Gasteiger partial charge in [0.05, 0.1) is 4.92 Å². The Labute approximate surface area is 151 Å². The summed E-state index contributed by atoms with van der Waals surface area (Å²) in [5.74, 6) is -0.378. The number of rotatable bonds is 4. The van der Waals surface area contributed by atoms with Crippen LogP contribution >= 0.6 is 11.6 Å². The minimum absolute atomic E-state index is 0.0254. The van der Waals surface area contributed by atoms with E-state index in [0.29, 0.717) is 5.69 Å². The number of halogens is 1. The van der Waals surface area contributed by atoms with Crippen LogP contribution in [0.2, 0.25) is 5.02 Å². The van der Waals surface area contributed by atoms with Crippen molar-refractivity contribution in [3.63, 3.8) is 0 Å². The van der Waals surface area contributed by atoms with Gasteiger partial charge in [0, 0.05) is 17.8 Å². The van der Waals surface area contributed by atoms with Crippen molar-refractivity contribution in [2.75, 3.05) is 5.32 Å². The topological polar surface area (TPSA) is 72.2 Å². The summed E-state index contributed by atoms with van der Waals surface area (Å²) in [6, 6.07) is 12.1. The molecule has 2 aromatic carbocycles. The predicted molar refractivity (Wildman–Crippen MR) is 101 cm³/mol. The van der Waals surface area contributed by atoms with Crippen molar-refractivity contribution < 1.29 is 9.72 Å². The van der Waals surface area contributed by atoms with E-state index >= 15 is 0 Å². The average Bonchev–Trinajstić information content (AvgIpc) is 2.54. The standard InChI is InChI=1S/C19H19ClN2O3/c1-19(2,3)14-7-4-13(5-8-14)6-11-18(23)21-15-9-10-16(20)17(12-15)22(24)25/h4-12H,1-3H3,(H,21,23)/b11-6-. The second-order valence-corrected chi connectivity index (χ2v) is 7.03. The molecule has 0 aromatic heterocycles. The van der Waals surface area contributed by atoms with Gasteiger partial charge in [-0.3, -0.25) is 14.9 Å². The molecule has 0 radical (unpaired) electrons. The Morgan fingerprint density at radius 3 is 2.36 bits per heavy atom. The number of nitrogens with one attached hydrogen (secondary N) is 1. The number of carbonyl (C=O) groups excluding carboxylic acids is 1. The molecule has 1 N–H and O–H groups in total. The van der Waals surface area contributed by atoms with Gasteiger partial charge >= 0.3 is 0 Å². The van der Waals surface area contributed by atoms with Gasteiger partial charge in [-0.05, 0) is 34.8 Å². The maximum Gasteiger partial charge on any atom is 0.289 e. The lowest BCUT2D eigenvalue weighted by atomic mass is 9.87. The number of hydrogen-bond acceptors (Lipinski definition) is 3. The molecule has 0 saturated carbocycles. The van der Waals surface area contributed by atoms with Gasteiger partial charge in [0.15, 0.2) is 0 Å². The first kappa shape index (κ1) is 18.7. The number of carbonyl (C=O) groups is 1. The van der Waals surface area contributed by atoms with Gasteiger partial charge in [0.1, 0.15) is 5.02 Å². The van der Waals surface area contributed by atoms with Gasteiger partial charge in [0.2, 0.25) is 5.91 Å². The summed E-state index contributed by atoms with van der Waals surface area (Å²) in [6.45, 7) is 6.41. The molecule has 0 unspecified atom stereocenters. The van der Waals surface area contributed by atoms with Crippen LogP contribution in [0.1, 0.15) is 31.9 Å². The largest absolute Gasteiger partial charge is 0.322 e. The molecule has 130 valence electrons. The molecule has 6 heteroatoms. The second kappa shape index (κ2) is 7.49. The first-order valence-electron chi connectivity index (χ1n) is 7.70. The fourth-order valence-corrected chi connectivity index (χ4v) is 2.37. The van der Waals surface area contributed by atoms with E-state index in [9.17, 15) is 14.9 Å². The predicted octanol–water partition coefficient (Wildman–Crippen LogP) is 5.20. The van der Waals surface area contributed by atoms with E-state index in [1.807, 2.05) is 24.3 Å². The minimum Gasteiger partial charge on any atom is -0.322 e. The van der Waals surface area contributed by atoms with Crippen LogP contribution in [-0.4, -0.2) is 10.8 Å². The Balaban J connectivity index is 2.06. The number of nitrogens with zero attached hydrogens (tertiary/aromatic N) is 1. The highest BCUT2D eigenvalue weighted by Crippen LogP contribution is 2.27. The quantitative estimate of drug-likeness (QED) is 0.464. The Hall–Kier alpha value is -2.66. The molecule has 0 bridgehead atoms. The van der Waals surface area contributed by atoms with Crippen LogP contribution in [0.25, 0.3) is 6.08 Å². The first-order chi connectivity index (χ1) is 11.7. The molecular weight excluding hydrogens is 340 g/mol. The highest BCUT2D eigenvalue weighted by Gasteiger charge is 2.14. The van der Waals surface area contributed by atoms with E-state index in [1.165, 1.54) is 29.8 Å². The van der Waals surface area contributed by atoms with E-state index in [0.717, 1.165) is 5.56 Å². The van der Waals surface area contributed by atoms with Crippen LogP contribution in [0.15, 0.2) is 48.5 Å². The van der Waals surface area contributed by atoms with E-state index in [4.69, 9.17) is 11.6 Å². The van der Waals surface area contributed by atoms with Gasteiger partial charge in [-0.15, -0.1) is 0 Å². The summed E-state index contributed by atoms with van der Waals surface area (Å²) in [5.41, 5.74) is 2.24. The summed E-state index contributed by atoms with van der Waals surface area (Å²) >= 11 is 5.75. The lowest BCUT2D eigenvalue weighted by Gasteiger charge is -2.18. The van der Waals surface area contributed by atoms with Gasteiger partial charge in [-0.25, -0.2) is 0 Å². The molecule has 2 rings (SSSR count). The zero-order chi connectivity index (χ0) is 18.6. The first-order valence-corrected chi connectivity index (χ1v) is 8.08. The minimum atomic E-state index is -0.593. The van der Waals surface area contributed by atoms with Crippen LogP contribution in [0.5, 0.6) is 0 Å². The molecule has 0 heterocycles. The number of benzene rings is 2. The molecule has 0 fully saturated rings. The van der Waals surface area contributed by atoms with Crippen LogP contribution in [-0.2, 0) is 10.2 Å². The lowest BCUT2D eigenvalue weighted by Crippen LogP contribution is -2.10. The number of nitro groups is 1. The number of hydrogen-bond donors (Lipinski definition) is 1. The molecule has 0 aliphatic rings. The number of nitro benzene ring substituents is 1. The molecule has 0 aliphatic carbocycles. The molecule has 2 aromatic rings. The van der Waals surface area contributed by atoms with Crippen LogP contribution in [0, 0.1) is 10.1 Å². The number of amides is 1. The van der Waals surface area contributed by atoms with Gasteiger partial charge in [0.25, 0.3) is 5.69 Å². The van der Waals surface area contributed by atoms with Gasteiger partial charge in [-0.2, -0.15) is 0 Å². The van der Waals surface area contributed by atoms with Crippen LogP contribution in [0.4, 0.5) is 11.4 Å². The van der Waals surface area contributed by atoms with Crippen LogP contribution in [0.3, 0.4) is 0 Å². The smallest absolute Gasteiger partial charge is 0.289 e. The van der Waals surface area contributed by atoms with Crippen molar-refractivity contribution in [1.82, 2.24) is 0 Å². The van der Waals surface area contributed by atoms with E-state index < -0.39 is 4.92 Å². The molecule has 25 heavy (non-hydrogen) atoms. The normalized spacial score (nSPS) is 11.5. The lowest BCUT2D eigenvalue weighted by molar-refractivity contribution is -0.384. The third-order valence-electron chi connectivity index (χ3n) is 3.61. The van der Waals surface area contributed by atoms with Crippen molar-refractivity contribution in [2.45, 2.75) is 26.2 Å². The Bertz CT molecular complexity index is 822. The molecule has 1 amide bonds. The average molecular weight is 359 g/mol. The van der Waals surface area contributed by atoms with Gasteiger partial charge < -0.3 is 5.32 Å². The van der Waals surface area contributed by atoms with Gasteiger partial charge in [-0.1, -0.05) is 56.6 Å². The summed E-state index contributed by atoms with van der Waals surface area (Å²) < 4.78 is 0. The Morgan fingerprint density at radius 1 is 1.16 bits per heavy atom. The summed E-state index contributed by atoms with van der Waals surface area (Å²) in [5, 5.41) is 13.5. The zero-order valence-electron chi connectivity index (χ0n) is 14.2. The number of anilines is 1. The van der Waals surface area contributed by atoms with Crippen molar-refractivity contribution in [3.05, 3.63) is 74.8 Å². The van der Waals surface area contributed by atoms with Crippen molar-refractivity contribution in [3.8, 4) is 0 Å².